The van der Waals surface area contributed by atoms with Crippen LogP contribution in [0, 0.1) is 0 Å². The number of aryl methyl sites for hydroxylation is 1. The molecule has 28 heavy (non-hydrogen) atoms. The standard InChI is InChI=1S/C19H14F3N3O2S/c1-25-17(28-14-10-6-3-7-11-14)15(16(24-25)19(20,21)22)12-23-27-18(26)13-8-4-2-5-9-13/h2-12H,1H3/b23-12+. The highest BCUT2D eigenvalue weighted by Crippen LogP contribution is 2.37. The van der Waals surface area contributed by atoms with Crippen molar-refractivity contribution in [3.05, 3.63) is 77.5 Å². The average molecular weight is 405 g/mol. The van der Waals surface area contributed by atoms with E-state index in [4.69, 9.17) is 4.84 Å². The molecule has 0 spiro atoms. The second kappa shape index (κ2) is 8.30. The lowest BCUT2D eigenvalue weighted by Gasteiger charge is -2.05. The van der Waals surface area contributed by atoms with Crippen LogP contribution in [-0.2, 0) is 18.1 Å². The average Bonchev–Trinajstić information content (AvgIpc) is 2.99. The van der Waals surface area contributed by atoms with Crippen molar-refractivity contribution in [3.63, 3.8) is 0 Å². The second-order valence-corrected chi connectivity index (χ2v) is 6.65. The minimum Gasteiger partial charge on any atom is -0.313 e. The van der Waals surface area contributed by atoms with Crippen molar-refractivity contribution < 1.29 is 22.8 Å². The Balaban J connectivity index is 1.90. The van der Waals surface area contributed by atoms with Crippen molar-refractivity contribution in [2.75, 3.05) is 0 Å². The van der Waals surface area contributed by atoms with Gasteiger partial charge >= 0.3 is 12.1 Å². The van der Waals surface area contributed by atoms with E-state index in [2.05, 4.69) is 10.3 Å². The third-order valence-electron chi connectivity index (χ3n) is 3.58. The quantitative estimate of drug-likeness (QED) is 0.348. The molecule has 0 unspecified atom stereocenters. The van der Waals surface area contributed by atoms with Crippen molar-refractivity contribution in [2.45, 2.75) is 16.1 Å². The van der Waals surface area contributed by atoms with Crippen molar-refractivity contribution in [1.29, 1.82) is 0 Å². The van der Waals surface area contributed by atoms with E-state index in [9.17, 15) is 18.0 Å². The zero-order valence-corrected chi connectivity index (χ0v) is 15.4. The first-order valence-corrected chi connectivity index (χ1v) is 8.85. The Hall–Kier alpha value is -3.07. The third-order valence-corrected chi connectivity index (χ3v) is 4.77. The number of carbonyl (C=O) groups excluding carboxylic acids is 1. The van der Waals surface area contributed by atoms with E-state index in [0.717, 1.165) is 27.6 Å². The Bertz CT molecular complexity index is 987. The van der Waals surface area contributed by atoms with E-state index >= 15 is 0 Å². The van der Waals surface area contributed by atoms with Crippen LogP contribution < -0.4 is 0 Å². The molecule has 0 aliphatic heterocycles. The van der Waals surface area contributed by atoms with Crippen LogP contribution in [0.5, 0.6) is 0 Å². The summed E-state index contributed by atoms with van der Waals surface area (Å²) in [4.78, 5) is 17.4. The van der Waals surface area contributed by atoms with Gasteiger partial charge in [-0.2, -0.15) is 18.3 Å². The van der Waals surface area contributed by atoms with Crippen molar-refractivity contribution in [1.82, 2.24) is 9.78 Å². The highest BCUT2D eigenvalue weighted by atomic mass is 32.2. The van der Waals surface area contributed by atoms with Crippen LogP contribution >= 0.6 is 11.8 Å². The SMILES string of the molecule is Cn1nc(C(F)(F)F)c(/C=N/OC(=O)c2ccccc2)c1Sc1ccccc1. The van der Waals surface area contributed by atoms with Gasteiger partial charge in [0, 0.05) is 11.9 Å². The molecular weight excluding hydrogens is 391 g/mol. The summed E-state index contributed by atoms with van der Waals surface area (Å²) >= 11 is 1.10. The van der Waals surface area contributed by atoms with Gasteiger partial charge in [-0.25, -0.2) is 4.79 Å². The number of hydrogen-bond acceptors (Lipinski definition) is 5. The van der Waals surface area contributed by atoms with Crippen LogP contribution in [0.25, 0.3) is 0 Å². The lowest BCUT2D eigenvalue weighted by atomic mass is 10.2. The zero-order chi connectivity index (χ0) is 20.1. The predicted molar refractivity (Wildman–Crippen MR) is 98.2 cm³/mol. The summed E-state index contributed by atoms with van der Waals surface area (Å²) in [5.41, 5.74) is -1.14. The van der Waals surface area contributed by atoms with Crippen LogP contribution in [0.15, 0.2) is 75.7 Å². The Kier molecular flexibility index (Phi) is 5.84. The maximum Gasteiger partial charge on any atom is 0.435 e. The van der Waals surface area contributed by atoms with E-state index in [0.29, 0.717) is 0 Å². The van der Waals surface area contributed by atoms with E-state index in [1.807, 2.05) is 0 Å². The Morgan fingerprint density at radius 3 is 2.32 bits per heavy atom. The summed E-state index contributed by atoms with van der Waals surface area (Å²) < 4.78 is 41.3. The number of aromatic nitrogens is 2. The molecule has 144 valence electrons. The van der Waals surface area contributed by atoms with Crippen LogP contribution in [-0.4, -0.2) is 22.0 Å². The number of carbonyl (C=O) groups is 1. The maximum atomic E-state index is 13.4. The molecule has 1 heterocycles. The molecule has 0 atom stereocenters. The fraction of sp³-hybridized carbons (Fsp3) is 0.105. The number of oxime groups is 1. The molecule has 0 saturated heterocycles. The van der Waals surface area contributed by atoms with Gasteiger partial charge in [0.2, 0.25) is 0 Å². The molecule has 0 aliphatic carbocycles. The molecular formula is C19H14F3N3O2S. The summed E-state index contributed by atoms with van der Waals surface area (Å²) in [6, 6.07) is 16.9. The van der Waals surface area contributed by atoms with Gasteiger partial charge in [0.25, 0.3) is 0 Å². The van der Waals surface area contributed by atoms with Gasteiger partial charge in [-0.3, -0.25) is 4.68 Å². The highest BCUT2D eigenvalue weighted by Gasteiger charge is 2.38. The summed E-state index contributed by atoms with van der Waals surface area (Å²) in [5, 5.41) is 7.26. The van der Waals surface area contributed by atoms with Crippen LogP contribution in [0.3, 0.4) is 0 Å². The van der Waals surface area contributed by atoms with E-state index in [1.54, 1.807) is 48.5 Å². The third kappa shape index (κ3) is 4.61. The monoisotopic (exact) mass is 405 g/mol. The lowest BCUT2D eigenvalue weighted by Crippen LogP contribution is -2.09. The Labute approximate surface area is 162 Å². The molecule has 0 bridgehead atoms. The molecule has 3 rings (SSSR count). The van der Waals surface area contributed by atoms with Crippen LogP contribution in [0.2, 0.25) is 0 Å². The lowest BCUT2D eigenvalue weighted by molar-refractivity contribution is -0.141. The largest absolute Gasteiger partial charge is 0.435 e. The minimum atomic E-state index is -4.68. The molecule has 2 aromatic carbocycles. The first-order chi connectivity index (χ1) is 13.4. The predicted octanol–water partition coefficient (Wildman–Crippen LogP) is 4.78. The smallest absolute Gasteiger partial charge is 0.313 e. The number of benzene rings is 2. The normalized spacial score (nSPS) is 11.7. The van der Waals surface area contributed by atoms with Gasteiger partial charge in [0.05, 0.1) is 17.3 Å². The molecule has 5 nitrogen and oxygen atoms in total. The van der Waals surface area contributed by atoms with Crippen LogP contribution in [0.4, 0.5) is 13.2 Å². The van der Waals surface area contributed by atoms with Gasteiger partial charge in [-0.15, -0.1) is 0 Å². The maximum absolute atomic E-state index is 13.4. The van der Waals surface area contributed by atoms with E-state index in [-0.39, 0.29) is 16.2 Å². The van der Waals surface area contributed by atoms with Gasteiger partial charge < -0.3 is 4.84 Å². The number of rotatable bonds is 5. The van der Waals surface area contributed by atoms with Crippen LogP contribution in [0.1, 0.15) is 21.6 Å². The topological polar surface area (TPSA) is 56.5 Å². The second-order valence-electron chi connectivity index (χ2n) is 5.58. The first-order valence-electron chi connectivity index (χ1n) is 8.03. The zero-order valence-electron chi connectivity index (χ0n) is 14.6. The molecule has 0 saturated carbocycles. The first kappa shape index (κ1) is 19.7. The fourth-order valence-electron chi connectivity index (χ4n) is 2.33. The highest BCUT2D eigenvalue weighted by molar-refractivity contribution is 7.99. The molecule has 3 aromatic rings. The van der Waals surface area contributed by atoms with Crippen molar-refractivity contribution >= 4 is 23.9 Å². The summed E-state index contributed by atoms with van der Waals surface area (Å²) in [6.07, 6.45) is -3.82. The van der Waals surface area contributed by atoms with E-state index < -0.39 is 17.8 Å². The fourth-order valence-corrected chi connectivity index (χ4v) is 3.27. The van der Waals surface area contributed by atoms with Crippen molar-refractivity contribution in [3.8, 4) is 0 Å². The summed E-state index contributed by atoms with van der Waals surface area (Å²) in [7, 11) is 1.41. The molecule has 0 aliphatic rings. The van der Waals surface area contributed by atoms with E-state index in [1.165, 1.54) is 19.2 Å². The summed E-state index contributed by atoms with van der Waals surface area (Å²) in [6.45, 7) is 0. The number of hydrogen-bond donors (Lipinski definition) is 0. The number of nitrogens with zero attached hydrogens (tertiary/aromatic N) is 3. The number of alkyl halides is 3. The molecule has 0 radical (unpaired) electrons. The molecule has 0 fully saturated rings. The Morgan fingerprint density at radius 2 is 1.71 bits per heavy atom. The number of halogens is 3. The molecule has 0 N–H and O–H groups in total. The molecule has 1 aromatic heterocycles. The summed E-state index contributed by atoms with van der Waals surface area (Å²) in [5.74, 6) is -0.772. The van der Waals surface area contributed by atoms with Gasteiger partial charge in [0.1, 0.15) is 5.03 Å². The molecule has 9 heteroatoms. The van der Waals surface area contributed by atoms with Gasteiger partial charge in [-0.05, 0) is 24.3 Å². The minimum absolute atomic E-state index is 0.220. The Morgan fingerprint density at radius 1 is 1.11 bits per heavy atom. The van der Waals surface area contributed by atoms with Gasteiger partial charge in [-0.1, -0.05) is 53.3 Å². The van der Waals surface area contributed by atoms with Crippen molar-refractivity contribution in [2.24, 2.45) is 12.2 Å². The van der Waals surface area contributed by atoms with Gasteiger partial charge in [0.15, 0.2) is 5.69 Å². The molecule has 0 amide bonds.